The molecule has 2 rings (SSSR count). The van der Waals surface area contributed by atoms with Crippen molar-refractivity contribution in [2.45, 2.75) is 41.7 Å². The van der Waals surface area contributed by atoms with Gasteiger partial charge in [0, 0.05) is 0 Å². The molecule has 0 saturated heterocycles. The Kier molecular flexibility index (Phi) is 7.92. The Morgan fingerprint density at radius 1 is 0.513 bits per heavy atom. The highest BCUT2D eigenvalue weighted by molar-refractivity contribution is 5.81. The van der Waals surface area contributed by atoms with Gasteiger partial charge in [-0.3, -0.25) is 0 Å². The number of rotatable bonds is 9. The Morgan fingerprint density at radius 2 is 0.846 bits per heavy atom. The Labute approximate surface area is 207 Å². The summed E-state index contributed by atoms with van der Waals surface area (Å²) in [4.78, 5) is 11.5. The summed E-state index contributed by atoms with van der Waals surface area (Å²) < 4.78 is 207. The largest absolute Gasteiger partial charge is 0.497 e. The Bertz CT molecular complexity index is 1170. The molecule has 0 N–H and O–H groups in total. The summed E-state index contributed by atoms with van der Waals surface area (Å²) in [5.74, 6) is -53.0. The molecule has 0 unspecified atom stereocenters. The molecular weight excluding hydrogens is 585 g/mol. The van der Waals surface area contributed by atoms with Gasteiger partial charge in [-0.15, -0.1) is 0 Å². The van der Waals surface area contributed by atoms with E-state index in [-0.39, 0.29) is 5.56 Å². The minimum atomic E-state index is -8.49. The van der Waals surface area contributed by atoms with Crippen LogP contribution in [0.15, 0.2) is 48.5 Å². The van der Waals surface area contributed by atoms with Gasteiger partial charge in [-0.05, 0) is 35.4 Å². The molecule has 218 valence electrons. The number of ether oxygens (including phenoxy) is 2. The van der Waals surface area contributed by atoms with Crippen LogP contribution < -0.4 is 9.47 Å². The van der Waals surface area contributed by atoms with Gasteiger partial charge in [0.15, 0.2) is 0 Å². The van der Waals surface area contributed by atoms with Gasteiger partial charge in [0.05, 0.1) is 7.11 Å². The van der Waals surface area contributed by atoms with E-state index in [9.17, 15) is 70.7 Å². The average molecular weight is 596 g/mol. The second kappa shape index (κ2) is 9.69. The molecule has 0 aliphatic rings. The number of benzene rings is 2. The van der Waals surface area contributed by atoms with Crippen LogP contribution >= 0.6 is 0 Å². The maximum atomic E-state index is 13.9. The summed E-state index contributed by atoms with van der Waals surface area (Å²) in [6.07, 6.45) is -7.72. The zero-order chi connectivity index (χ0) is 30.5. The van der Waals surface area contributed by atoms with E-state index in [2.05, 4.69) is 4.74 Å². The van der Waals surface area contributed by atoms with Crippen LogP contribution in [0.1, 0.15) is 0 Å². The van der Waals surface area contributed by atoms with Gasteiger partial charge in [0.25, 0.3) is 0 Å². The highest BCUT2D eigenvalue weighted by atomic mass is 19.4. The lowest BCUT2D eigenvalue weighted by Gasteiger charge is -2.40. The fraction of sp³-hybridized carbons (Fsp3) is 0.381. The molecule has 0 aromatic heterocycles. The molecule has 0 radical (unpaired) electrons. The van der Waals surface area contributed by atoms with E-state index in [1.165, 1.54) is 31.4 Å². The zero-order valence-corrected chi connectivity index (χ0v) is 18.5. The van der Waals surface area contributed by atoms with Gasteiger partial charge >= 0.3 is 47.7 Å². The molecule has 39 heavy (non-hydrogen) atoms. The first kappa shape index (κ1) is 31.9. The molecule has 0 aliphatic carbocycles. The fourth-order valence-corrected chi connectivity index (χ4v) is 2.76. The molecule has 2 aromatic carbocycles. The second-order valence-electron chi connectivity index (χ2n) is 7.59. The van der Waals surface area contributed by atoms with E-state index in [0.29, 0.717) is 23.4 Å². The van der Waals surface area contributed by atoms with E-state index in [1.54, 1.807) is 0 Å². The van der Waals surface area contributed by atoms with Crippen molar-refractivity contribution in [1.82, 2.24) is 0 Å². The van der Waals surface area contributed by atoms with Crippen molar-refractivity contribution in [2.24, 2.45) is 0 Å². The Morgan fingerprint density at radius 3 is 1.21 bits per heavy atom. The normalized spacial score (nSPS) is 14.3. The fourth-order valence-electron chi connectivity index (χ4n) is 2.76. The molecule has 0 aliphatic heterocycles. The van der Waals surface area contributed by atoms with E-state index in [0.717, 1.165) is 12.1 Å². The number of carbonyl (C=O) groups excluding carboxylic acids is 1. The standard InChI is InChI=1S/C21H11F15O3/c1-38-12-6-2-10(3-7-12)11-4-8-13(9-5-11)39-14(37)15(22,23)16(24,25)17(26,27)18(28,29)19(30,31)20(32,33)21(34,35)36/h2-9H,1H3. The van der Waals surface area contributed by atoms with Crippen LogP contribution in [0.3, 0.4) is 0 Å². The average Bonchev–Trinajstić information content (AvgIpc) is 2.83. The topological polar surface area (TPSA) is 35.5 Å². The van der Waals surface area contributed by atoms with Gasteiger partial charge in [-0.1, -0.05) is 24.3 Å². The number of carbonyl (C=O) groups is 1. The molecule has 0 spiro atoms. The van der Waals surface area contributed by atoms with Crippen LogP contribution in [-0.2, 0) is 4.79 Å². The Balaban J connectivity index is 2.37. The van der Waals surface area contributed by atoms with E-state index < -0.39 is 53.4 Å². The molecule has 0 amide bonds. The van der Waals surface area contributed by atoms with Crippen molar-refractivity contribution in [3.63, 3.8) is 0 Å². The van der Waals surface area contributed by atoms with Gasteiger partial charge in [-0.25, -0.2) is 4.79 Å². The third-order valence-electron chi connectivity index (χ3n) is 5.07. The monoisotopic (exact) mass is 596 g/mol. The van der Waals surface area contributed by atoms with E-state index in [4.69, 9.17) is 4.74 Å². The van der Waals surface area contributed by atoms with Gasteiger partial charge < -0.3 is 9.47 Å². The lowest BCUT2D eigenvalue weighted by atomic mass is 9.91. The molecule has 3 nitrogen and oxygen atoms in total. The molecule has 0 fully saturated rings. The number of esters is 1. The van der Waals surface area contributed by atoms with Crippen LogP contribution in [-0.4, -0.2) is 54.8 Å². The van der Waals surface area contributed by atoms with Gasteiger partial charge in [0.1, 0.15) is 11.5 Å². The van der Waals surface area contributed by atoms with Crippen LogP contribution in [0.5, 0.6) is 11.5 Å². The van der Waals surface area contributed by atoms with Crippen LogP contribution in [0.25, 0.3) is 11.1 Å². The van der Waals surface area contributed by atoms with Crippen molar-refractivity contribution in [1.29, 1.82) is 0 Å². The van der Waals surface area contributed by atoms with Crippen LogP contribution in [0, 0.1) is 0 Å². The van der Waals surface area contributed by atoms with Crippen molar-refractivity contribution in [2.75, 3.05) is 7.11 Å². The van der Waals surface area contributed by atoms with Gasteiger partial charge in [-0.2, -0.15) is 65.9 Å². The quantitative estimate of drug-likeness (QED) is 0.170. The zero-order valence-electron chi connectivity index (χ0n) is 18.5. The molecule has 18 heteroatoms. The summed E-state index contributed by atoms with van der Waals surface area (Å²) in [5, 5.41) is 0. The summed E-state index contributed by atoms with van der Waals surface area (Å²) in [6.45, 7) is 0. The molecule has 0 bridgehead atoms. The highest BCUT2D eigenvalue weighted by Gasteiger charge is 2.94. The summed E-state index contributed by atoms with van der Waals surface area (Å²) in [6, 6.07) is 9.12. The first-order chi connectivity index (χ1) is 17.4. The maximum Gasteiger partial charge on any atom is 0.460 e. The smallest absolute Gasteiger partial charge is 0.460 e. The minimum Gasteiger partial charge on any atom is -0.497 e. The number of halogens is 15. The van der Waals surface area contributed by atoms with Crippen molar-refractivity contribution in [3.8, 4) is 22.6 Å². The number of hydrogen-bond donors (Lipinski definition) is 0. The van der Waals surface area contributed by atoms with Crippen LogP contribution in [0.4, 0.5) is 65.9 Å². The van der Waals surface area contributed by atoms with Crippen LogP contribution in [0.2, 0.25) is 0 Å². The predicted molar refractivity (Wildman–Crippen MR) is 99.8 cm³/mol. The lowest BCUT2D eigenvalue weighted by Crippen LogP contribution is -2.73. The first-order valence-corrected chi connectivity index (χ1v) is 9.70. The summed E-state index contributed by atoms with van der Waals surface area (Å²) in [5.41, 5.74) is 0.678. The SMILES string of the molecule is COc1ccc(-c2ccc(OC(=O)C(F)(F)C(F)(F)C(F)(F)C(F)(F)C(F)(F)C(F)(F)C(F)(F)F)cc2)cc1. The van der Waals surface area contributed by atoms with E-state index in [1.807, 2.05) is 0 Å². The summed E-state index contributed by atoms with van der Waals surface area (Å²) >= 11 is 0. The first-order valence-electron chi connectivity index (χ1n) is 9.70. The summed E-state index contributed by atoms with van der Waals surface area (Å²) in [7, 11) is 1.35. The van der Waals surface area contributed by atoms with Crippen molar-refractivity contribution >= 4 is 5.97 Å². The molecule has 0 saturated carbocycles. The molecule has 0 heterocycles. The van der Waals surface area contributed by atoms with E-state index >= 15 is 0 Å². The molecular formula is C21H11F15O3. The molecule has 0 atom stereocenters. The number of methoxy groups -OCH3 is 1. The van der Waals surface area contributed by atoms with Crippen molar-refractivity contribution < 1.29 is 80.1 Å². The van der Waals surface area contributed by atoms with Gasteiger partial charge in [0.2, 0.25) is 0 Å². The minimum absolute atomic E-state index is 0.258. The third kappa shape index (κ3) is 4.92. The predicted octanol–water partition coefficient (Wildman–Crippen LogP) is 7.64. The second-order valence-corrected chi connectivity index (χ2v) is 7.59. The highest BCUT2D eigenvalue weighted by Crippen LogP contribution is 2.62. The number of hydrogen-bond acceptors (Lipinski definition) is 3. The van der Waals surface area contributed by atoms with Crippen molar-refractivity contribution in [3.05, 3.63) is 48.5 Å². The molecule has 2 aromatic rings. The maximum absolute atomic E-state index is 13.9. The Hall–Kier alpha value is -3.34. The lowest BCUT2D eigenvalue weighted by molar-refractivity contribution is -0.450. The number of alkyl halides is 15. The third-order valence-corrected chi connectivity index (χ3v) is 5.07.